The molecule has 164 valence electrons. The maximum Gasteiger partial charge on any atom is 0.216 e. The molecular formula is C23H21N3O4S2. The summed E-state index contributed by atoms with van der Waals surface area (Å²) in [5, 5.41) is 24.8. The van der Waals surface area contributed by atoms with Crippen molar-refractivity contribution in [3.05, 3.63) is 89.3 Å². The van der Waals surface area contributed by atoms with Crippen LogP contribution in [-0.2, 0) is 22.3 Å². The van der Waals surface area contributed by atoms with Crippen LogP contribution in [0.3, 0.4) is 0 Å². The van der Waals surface area contributed by atoms with Gasteiger partial charge in [0, 0.05) is 23.2 Å². The van der Waals surface area contributed by atoms with Crippen molar-refractivity contribution in [2.45, 2.75) is 12.3 Å². The van der Waals surface area contributed by atoms with E-state index in [1.807, 2.05) is 41.8 Å². The molecule has 4 rings (SSSR count). The Labute approximate surface area is 190 Å². The molecule has 0 unspecified atom stereocenters. The average molecular weight is 468 g/mol. The molecule has 3 aromatic carbocycles. The number of anilines is 2. The zero-order chi connectivity index (χ0) is 22.6. The highest BCUT2D eigenvalue weighted by atomic mass is 32.2. The lowest BCUT2D eigenvalue weighted by Crippen LogP contribution is -2.24. The summed E-state index contributed by atoms with van der Waals surface area (Å²) in [4.78, 5) is 4.50. The maximum absolute atomic E-state index is 12.5. The minimum atomic E-state index is -3.50. The standard InChI is InChI=1S/C23H21N3O4S2/c27-21-10-9-18(12-22(21)28)20-14-31-23(26-20)25-19-8-4-7-17(11-19)15-32(29,30)24-13-16-5-2-1-3-6-16/h1-12,14,24,27-28H,13,15H2,(H,25,26). The van der Waals surface area contributed by atoms with Crippen molar-refractivity contribution in [3.63, 3.8) is 0 Å². The van der Waals surface area contributed by atoms with Gasteiger partial charge in [-0.05, 0) is 41.5 Å². The zero-order valence-electron chi connectivity index (χ0n) is 16.9. The van der Waals surface area contributed by atoms with Crippen LogP contribution >= 0.6 is 11.3 Å². The SMILES string of the molecule is O=S(=O)(Cc1cccc(Nc2nc(-c3ccc(O)c(O)c3)cs2)c1)NCc1ccccc1. The molecule has 0 aliphatic carbocycles. The van der Waals surface area contributed by atoms with E-state index in [-0.39, 0.29) is 23.8 Å². The van der Waals surface area contributed by atoms with Crippen LogP contribution in [0.15, 0.2) is 78.2 Å². The number of hydrogen-bond acceptors (Lipinski definition) is 7. The highest BCUT2D eigenvalue weighted by Gasteiger charge is 2.13. The van der Waals surface area contributed by atoms with Gasteiger partial charge in [-0.2, -0.15) is 0 Å². The van der Waals surface area contributed by atoms with Gasteiger partial charge >= 0.3 is 0 Å². The molecule has 4 aromatic rings. The van der Waals surface area contributed by atoms with Crippen LogP contribution in [0.4, 0.5) is 10.8 Å². The fourth-order valence-corrected chi connectivity index (χ4v) is 4.92. The van der Waals surface area contributed by atoms with E-state index in [2.05, 4.69) is 15.0 Å². The van der Waals surface area contributed by atoms with Gasteiger partial charge in [0.25, 0.3) is 0 Å². The Hall–Kier alpha value is -3.40. The number of phenolic OH excluding ortho intramolecular Hbond substituents is 2. The number of thiazole rings is 1. The van der Waals surface area contributed by atoms with Crippen LogP contribution in [0.1, 0.15) is 11.1 Å². The van der Waals surface area contributed by atoms with Crippen molar-refractivity contribution < 1.29 is 18.6 Å². The first-order chi connectivity index (χ1) is 15.4. The number of nitrogens with one attached hydrogen (secondary N) is 2. The molecule has 32 heavy (non-hydrogen) atoms. The van der Waals surface area contributed by atoms with Crippen LogP contribution in [-0.4, -0.2) is 23.6 Å². The average Bonchev–Trinajstić information content (AvgIpc) is 3.23. The van der Waals surface area contributed by atoms with E-state index in [1.54, 1.807) is 24.3 Å². The van der Waals surface area contributed by atoms with E-state index in [9.17, 15) is 18.6 Å². The van der Waals surface area contributed by atoms with Gasteiger partial charge in [0.1, 0.15) is 0 Å². The van der Waals surface area contributed by atoms with E-state index in [0.717, 1.165) is 11.3 Å². The Morgan fingerprint density at radius 2 is 1.66 bits per heavy atom. The molecule has 0 spiro atoms. The van der Waals surface area contributed by atoms with E-state index < -0.39 is 10.0 Å². The molecule has 0 radical (unpaired) electrons. The van der Waals surface area contributed by atoms with Crippen molar-refractivity contribution >= 4 is 32.2 Å². The van der Waals surface area contributed by atoms with E-state index in [0.29, 0.717) is 22.0 Å². The van der Waals surface area contributed by atoms with Gasteiger partial charge < -0.3 is 15.5 Å². The molecule has 0 bridgehead atoms. The number of nitrogens with zero attached hydrogens (tertiary/aromatic N) is 1. The van der Waals surface area contributed by atoms with Gasteiger partial charge in [-0.1, -0.05) is 42.5 Å². The minimum absolute atomic E-state index is 0.134. The predicted molar refractivity (Wildman–Crippen MR) is 127 cm³/mol. The van der Waals surface area contributed by atoms with Gasteiger partial charge in [-0.25, -0.2) is 18.1 Å². The number of benzene rings is 3. The number of phenols is 2. The van der Waals surface area contributed by atoms with Crippen LogP contribution in [0.5, 0.6) is 11.5 Å². The van der Waals surface area contributed by atoms with E-state index >= 15 is 0 Å². The Bertz CT molecular complexity index is 1320. The third-order valence-electron chi connectivity index (χ3n) is 4.65. The van der Waals surface area contributed by atoms with Gasteiger partial charge in [0.15, 0.2) is 16.6 Å². The van der Waals surface area contributed by atoms with Gasteiger partial charge in [0.2, 0.25) is 10.0 Å². The Morgan fingerprint density at radius 1 is 0.875 bits per heavy atom. The predicted octanol–water partition coefficient (Wildman–Crippen LogP) is 4.58. The van der Waals surface area contributed by atoms with Crippen molar-refractivity contribution in [3.8, 4) is 22.8 Å². The summed E-state index contributed by atoms with van der Waals surface area (Å²) in [6.45, 7) is 0.246. The Kier molecular flexibility index (Phi) is 6.40. The lowest BCUT2D eigenvalue weighted by molar-refractivity contribution is 0.404. The van der Waals surface area contributed by atoms with Gasteiger partial charge in [-0.3, -0.25) is 0 Å². The summed E-state index contributed by atoms with van der Waals surface area (Å²) in [7, 11) is -3.50. The van der Waals surface area contributed by atoms with E-state index in [4.69, 9.17) is 0 Å². The lowest BCUT2D eigenvalue weighted by Gasteiger charge is -2.09. The fourth-order valence-electron chi connectivity index (χ4n) is 3.07. The first kappa shape index (κ1) is 21.8. The molecule has 1 aromatic heterocycles. The largest absolute Gasteiger partial charge is 0.504 e. The molecule has 0 saturated carbocycles. The monoisotopic (exact) mass is 467 g/mol. The first-order valence-corrected chi connectivity index (χ1v) is 12.3. The molecule has 0 aliphatic heterocycles. The molecule has 0 aliphatic rings. The third kappa shape index (κ3) is 5.64. The second-order valence-corrected chi connectivity index (χ2v) is 9.80. The normalized spacial score (nSPS) is 11.4. The molecular weight excluding hydrogens is 446 g/mol. The van der Waals surface area contributed by atoms with Crippen molar-refractivity contribution in [1.29, 1.82) is 0 Å². The topological polar surface area (TPSA) is 112 Å². The van der Waals surface area contributed by atoms with E-state index in [1.165, 1.54) is 23.5 Å². The highest BCUT2D eigenvalue weighted by molar-refractivity contribution is 7.88. The van der Waals surface area contributed by atoms with Crippen LogP contribution in [0.25, 0.3) is 11.3 Å². The molecule has 0 amide bonds. The summed E-state index contributed by atoms with van der Waals surface area (Å²) in [6.07, 6.45) is 0. The summed E-state index contributed by atoms with van der Waals surface area (Å²) in [5.41, 5.74) is 3.59. The van der Waals surface area contributed by atoms with Crippen molar-refractivity contribution in [2.24, 2.45) is 0 Å². The number of rotatable bonds is 8. The van der Waals surface area contributed by atoms with Gasteiger partial charge in [-0.15, -0.1) is 11.3 Å². The molecule has 4 N–H and O–H groups in total. The molecule has 7 nitrogen and oxygen atoms in total. The molecule has 0 fully saturated rings. The molecule has 1 heterocycles. The summed E-state index contributed by atoms with van der Waals surface area (Å²) in [5.74, 6) is -0.530. The highest BCUT2D eigenvalue weighted by Crippen LogP contribution is 2.32. The summed E-state index contributed by atoms with van der Waals surface area (Å²) >= 11 is 1.38. The minimum Gasteiger partial charge on any atom is -0.504 e. The number of sulfonamides is 1. The smallest absolute Gasteiger partial charge is 0.216 e. The zero-order valence-corrected chi connectivity index (χ0v) is 18.5. The second-order valence-electron chi connectivity index (χ2n) is 7.13. The molecule has 0 saturated heterocycles. The quantitative estimate of drug-likeness (QED) is 0.282. The van der Waals surface area contributed by atoms with Crippen LogP contribution < -0.4 is 10.0 Å². The Morgan fingerprint density at radius 3 is 2.44 bits per heavy atom. The number of hydrogen-bond donors (Lipinski definition) is 4. The van der Waals surface area contributed by atoms with Gasteiger partial charge in [0.05, 0.1) is 11.4 Å². The summed E-state index contributed by atoms with van der Waals surface area (Å²) < 4.78 is 27.6. The van der Waals surface area contributed by atoms with Crippen LogP contribution in [0.2, 0.25) is 0 Å². The third-order valence-corrected chi connectivity index (χ3v) is 6.70. The number of aromatic hydroxyl groups is 2. The second kappa shape index (κ2) is 9.39. The molecule has 0 atom stereocenters. The van der Waals surface area contributed by atoms with Crippen LogP contribution in [0, 0.1) is 0 Å². The van der Waals surface area contributed by atoms with Crippen molar-refractivity contribution in [1.82, 2.24) is 9.71 Å². The maximum atomic E-state index is 12.5. The van der Waals surface area contributed by atoms with Crippen molar-refractivity contribution in [2.75, 3.05) is 5.32 Å². The first-order valence-electron chi connectivity index (χ1n) is 9.73. The lowest BCUT2D eigenvalue weighted by atomic mass is 10.1. The fraction of sp³-hybridized carbons (Fsp3) is 0.0870. The number of aromatic nitrogens is 1. The Balaban J connectivity index is 1.42. The summed E-state index contributed by atoms with van der Waals surface area (Å²) in [6, 6.07) is 21.0. The molecule has 9 heteroatoms.